The van der Waals surface area contributed by atoms with Crippen LogP contribution >= 0.6 is 0 Å². The van der Waals surface area contributed by atoms with Crippen LogP contribution in [0.2, 0.25) is 0 Å². The van der Waals surface area contributed by atoms with E-state index in [0.717, 1.165) is 0 Å². The highest BCUT2D eigenvalue weighted by molar-refractivity contribution is 6.02. The van der Waals surface area contributed by atoms with Gasteiger partial charge >= 0.3 is 0 Å². The van der Waals surface area contributed by atoms with Crippen LogP contribution in [0.5, 0.6) is 0 Å². The molecule has 0 aliphatic heterocycles. The van der Waals surface area contributed by atoms with Crippen LogP contribution in [0, 0.1) is 17.1 Å². The Bertz CT molecular complexity index is 587. The molecule has 0 amide bonds. The molecule has 18 heavy (non-hydrogen) atoms. The maximum absolute atomic E-state index is 12.8. The molecule has 3 nitrogen and oxygen atoms in total. The van der Waals surface area contributed by atoms with Gasteiger partial charge in [-0.1, -0.05) is 6.07 Å². The van der Waals surface area contributed by atoms with Gasteiger partial charge in [0.2, 0.25) is 0 Å². The largest absolute Gasteiger partial charge is 0.292 e. The lowest BCUT2D eigenvalue weighted by atomic mass is 9.93. The number of carbonyl (C=O) groups is 1. The third-order valence-corrected chi connectivity index (χ3v) is 2.54. The van der Waals surface area contributed by atoms with Gasteiger partial charge < -0.3 is 0 Å². The molecule has 0 N–H and O–H groups in total. The zero-order valence-electron chi connectivity index (χ0n) is 9.38. The lowest BCUT2D eigenvalue weighted by Crippen LogP contribution is -2.11. The number of halogens is 1. The first-order valence-corrected chi connectivity index (χ1v) is 5.31. The first-order valence-electron chi connectivity index (χ1n) is 5.31. The van der Waals surface area contributed by atoms with E-state index in [1.54, 1.807) is 18.3 Å². The minimum atomic E-state index is -0.913. The molecule has 0 fully saturated rings. The van der Waals surface area contributed by atoms with Crippen LogP contribution in [0.25, 0.3) is 0 Å². The normalized spacial score (nSPS) is 11.6. The Morgan fingerprint density at radius 3 is 2.56 bits per heavy atom. The van der Waals surface area contributed by atoms with Crippen molar-refractivity contribution < 1.29 is 9.18 Å². The summed E-state index contributed by atoms with van der Waals surface area (Å²) in [5.41, 5.74) is 0.848. The minimum Gasteiger partial charge on any atom is -0.292 e. The van der Waals surface area contributed by atoms with Gasteiger partial charge in [-0.05, 0) is 35.9 Å². The molecule has 1 atom stereocenters. The van der Waals surface area contributed by atoms with E-state index in [-0.39, 0.29) is 5.78 Å². The minimum absolute atomic E-state index is 0.312. The van der Waals surface area contributed by atoms with E-state index < -0.39 is 11.7 Å². The molecule has 0 bridgehead atoms. The summed E-state index contributed by atoms with van der Waals surface area (Å²) in [6.07, 6.45) is 3.05. The number of nitrogens with zero attached hydrogens (tertiary/aromatic N) is 2. The van der Waals surface area contributed by atoms with Gasteiger partial charge in [0.15, 0.2) is 5.78 Å². The van der Waals surface area contributed by atoms with Gasteiger partial charge in [-0.3, -0.25) is 9.78 Å². The summed E-state index contributed by atoms with van der Waals surface area (Å²) in [6.45, 7) is 0. The van der Waals surface area contributed by atoms with Crippen molar-refractivity contribution >= 4 is 5.78 Å². The van der Waals surface area contributed by atoms with Crippen molar-refractivity contribution in [1.82, 2.24) is 4.98 Å². The van der Waals surface area contributed by atoms with Gasteiger partial charge in [-0.2, -0.15) is 5.26 Å². The molecule has 1 aromatic carbocycles. The summed E-state index contributed by atoms with van der Waals surface area (Å²) in [6, 6.07) is 10.4. The Hall–Kier alpha value is -2.54. The van der Waals surface area contributed by atoms with Gasteiger partial charge in [0.05, 0.1) is 6.07 Å². The summed E-state index contributed by atoms with van der Waals surface area (Å²) in [4.78, 5) is 16.0. The summed E-state index contributed by atoms with van der Waals surface area (Å²) in [5, 5.41) is 9.09. The molecular formula is C14H9FN2O. The number of aromatic nitrogens is 1. The molecule has 2 aromatic rings. The van der Waals surface area contributed by atoms with Gasteiger partial charge in [0, 0.05) is 18.0 Å². The number of hydrogen-bond acceptors (Lipinski definition) is 3. The van der Waals surface area contributed by atoms with E-state index >= 15 is 0 Å². The van der Waals surface area contributed by atoms with Crippen LogP contribution in [0.3, 0.4) is 0 Å². The highest BCUT2D eigenvalue weighted by atomic mass is 19.1. The number of nitriles is 1. The van der Waals surface area contributed by atoms with E-state index in [1.807, 2.05) is 6.07 Å². The molecule has 1 aromatic heterocycles. The Kier molecular flexibility index (Phi) is 3.44. The molecule has 0 saturated carbocycles. The number of hydrogen-bond donors (Lipinski definition) is 0. The first-order chi connectivity index (χ1) is 8.72. The van der Waals surface area contributed by atoms with Crippen molar-refractivity contribution in [3.8, 4) is 6.07 Å². The van der Waals surface area contributed by atoms with Crippen LogP contribution in [-0.4, -0.2) is 10.8 Å². The van der Waals surface area contributed by atoms with Gasteiger partial charge in [-0.25, -0.2) is 4.39 Å². The molecule has 2 rings (SSSR count). The van der Waals surface area contributed by atoms with Crippen molar-refractivity contribution in [1.29, 1.82) is 5.26 Å². The van der Waals surface area contributed by atoms with Gasteiger partial charge in [0.1, 0.15) is 11.7 Å². The van der Waals surface area contributed by atoms with Crippen molar-refractivity contribution in [2.45, 2.75) is 5.92 Å². The van der Waals surface area contributed by atoms with Crippen molar-refractivity contribution in [3.63, 3.8) is 0 Å². The second-order valence-electron chi connectivity index (χ2n) is 3.72. The van der Waals surface area contributed by atoms with E-state index in [4.69, 9.17) is 5.26 Å². The zero-order chi connectivity index (χ0) is 13.0. The fraction of sp³-hybridized carbons (Fsp3) is 0.0714. The van der Waals surface area contributed by atoms with Gasteiger partial charge in [0.25, 0.3) is 0 Å². The second-order valence-corrected chi connectivity index (χ2v) is 3.72. The average molecular weight is 240 g/mol. The number of Topliss-reactive ketones (excluding diaryl/α,β-unsaturated/α-hetero) is 1. The Labute approximate surface area is 104 Å². The van der Waals surface area contributed by atoms with E-state index in [2.05, 4.69) is 4.98 Å². The highest BCUT2D eigenvalue weighted by Gasteiger charge is 2.21. The Morgan fingerprint density at radius 2 is 2.00 bits per heavy atom. The fourth-order valence-corrected chi connectivity index (χ4v) is 1.61. The smallest absolute Gasteiger partial charge is 0.184 e. The van der Waals surface area contributed by atoms with Crippen LogP contribution in [0.4, 0.5) is 4.39 Å². The molecule has 1 unspecified atom stereocenters. The second kappa shape index (κ2) is 5.19. The lowest BCUT2D eigenvalue weighted by molar-refractivity contribution is 0.0978. The Morgan fingerprint density at radius 1 is 1.28 bits per heavy atom. The van der Waals surface area contributed by atoms with E-state index in [1.165, 1.54) is 30.5 Å². The topological polar surface area (TPSA) is 53.8 Å². The molecule has 1 heterocycles. The number of carbonyl (C=O) groups excluding carboxylic acids is 1. The quantitative estimate of drug-likeness (QED) is 0.775. The third kappa shape index (κ3) is 2.41. The summed E-state index contributed by atoms with van der Waals surface area (Å²) in [7, 11) is 0. The number of ketones is 1. The molecule has 0 aliphatic carbocycles. The van der Waals surface area contributed by atoms with Gasteiger partial charge in [-0.15, -0.1) is 0 Å². The monoisotopic (exact) mass is 240 g/mol. The number of rotatable bonds is 3. The van der Waals surface area contributed by atoms with Crippen molar-refractivity contribution in [2.75, 3.05) is 0 Å². The molecule has 4 heteroatoms. The maximum Gasteiger partial charge on any atom is 0.184 e. The van der Waals surface area contributed by atoms with Crippen LogP contribution in [0.15, 0.2) is 48.8 Å². The third-order valence-electron chi connectivity index (χ3n) is 2.54. The predicted molar refractivity (Wildman–Crippen MR) is 63.3 cm³/mol. The summed E-state index contributed by atoms with van der Waals surface area (Å²) in [5.74, 6) is -1.68. The fourth-order valence-electron chi connectivity index (χ4n) is 1.61. The van der Waals surface area contributed by atoms with Crippen molar-refractivity contribution in [3.05, 3.63) is 65.7 Å². The predicted octanol–water partition coefficient (Wildman–Crippen LogP) is 2.71. The highest BCUT2D eigenvalue weighted by Crippen LogP contribution is 2.19. The molecule has 0 spiro atoms. The van der Waals surface area contributed by atoms with Crippen LogP contribution in [0.1, 0.15) is 21.8 Å². The van der Waals surface area contributed by atoms with Crippen molar-refractivity contribution in [2.24, 2.45) is 0 Å². The first kappa shape index (κ1) is 11.9. The lowest BCUT2D eigenvalue weighted by Gasteiger charge is -2.07. The molecule has 0 aliphatic rings. The van der Waals surface area contributed by atoms with Crippen LogP contribution in [-0.2, 0) is 0 Å². The Balaban J connectivity index is 2.32. The number of pyridine rings is 1. The number of benzene rings is 1. The SMILES string of the molecule is N#CC(C(=O)c1ccc(F)cc1)c1cccnc1. The molecule has 0 radical (unpaired) electrons. The zero-order valence-corrected chi connectivity index (χ0v) is 9.38. The standard InChI is InChI=1S/C14H9FN2O/c15-12-5-3-10(4-6-12)14(18)13(8-16)11-2-1-7-17-9-11/h1-7,9,13H. The summed E-state index contributed by atoms with van der Waals surface area (Å²) < 4.78 is 12.8. The maximum atomic E-state index is 12.8. The molecular weight excluding hydrogens is 231 g/mol. The van der Waals surface area contributed by atoms with Crippen LogP contribution < -0.4 is 0 Å². The average Bonchev–Trinajstić information content (AvgIpc) is 2.41. The van der Waals surface area contributed by atoms with E-state index in [9.17, 15) is 9.18 Å². The molecule has 88 valence electrons. The molecule has 0 saturated heterocycles. The van der Waals surface area contributed by atoms with E-state index in [0.29, 0.717) is 11.1 Å². The summed E-state index contributed by atoms with van der Waals surface area (Å²) >= 11 is 0.